The molecule has 1 fully saturated rings. The molecule has 7 nitrogen and oxygen atoms in total. The first-order valence-corrected chi connectivity index (χ1v) is 14.0. The van der Waals surface area contributed by atoms with Crippen LogP contribution in [0.2, 0.25) is 0 Å². The summed E-state index contributed by atoms with van der Waals surface area (Å²) < 4.78 is 74.8. The quantitative estimate of drug-likeness (QED) is 0.385. The molecule has 0 saturated heterocycles. The van der Waals surface area contributed by atoms with Crippen LogP contribution in [0.1, 0.15) is 60.6 Å². The number of nitrogens with one attached hydrogen (secondary N) is 1. The van der Waals surface area contributed by atoms with Gasteiger partial charge in [-0.15, -0.1) is 0 Å². The highest BCUT2D eigenvalue weighted by molar-refractivity contribution is 6.06. The molecule has 41 heavy (non-hydrogen) atoms. The molecule has 0 bridgehead atoms. The van der Waals surface area contributed by atoms with Crippen LogP contribution in [0.3, 0.4) is 0 Å². The van der Waals surface area contributed by atoms with E-state index in [1.807, 2.05) is 0 Å². The number of aromatic nitrogens is 3. The van der Waals surface area contributed by atoms with Crippen molar-refractivity contribution in [2.24, 2.45) is 7.05 Å². The van der Waals surface area contributed by atoms with E-state index >= 15 is 4.39 Å². The number of ether oxygens (including phenoxy) is 1. The molecule has 1 saturated carbocycles. The van der Waals surface area contributed by atoms with E-state index in [9.17, 15) is 22.4 Å². The van der Waals surface area contributed by atoms with Crippen LogP contribution in [0.4, 0.5) is 22.0 Å². The summed E-state index contributed by atoms with van der Waals surface area (Å²) in [5.74, 6) is -0.854. The van der Waals surface area contributed by atoms with Crippen molar-refractivity contribution in [3.05, 3.63) is 53.1 Å². The number of hydrogen-bond donors (Lipinski definition) is 1. The maximum absolute atomic E-state index is 15.7. The van der Waals surface area contributed by atoms with Gasteiger partial charge < -0.3 is 15.0 Å². The van der Waals surface area contributed by atoms with Crippen molar-refractivity contribution in [2.45, 2.75) is 75.9 Å². The third-order valence-corrected chi connectivity index (χ3v) is 8.24. The molecule has 3 aromatic rings. The topological polar surface area (TPSA) is 72.3 Å². The minimum atomic E-state index is -4.46. The zero-order valence-electron chi connectivity index (χ0n) is 23.1. The van der Waals surface area contributed by atoms with E-state index in [-0.39, 0.29) is 23.3 Å². The first kappa shape index (κ1) is 29.2. The summed E-state index contributed by atoms with van der Waals surface area (Å²) in [7, 11) is 1.67. The van der Waals surface area contributed by atoms with Crippen molar-refractivity contribution in [1.82, 2.24) is 25.0 Å². The average molecular weight is 580 g/mol. The number of amides is 1. The Bertz CT molecular complexity index is 1400. The molecule has 0 radical (unpaired) electrons. The Kier molecular flexibility index (Phi) is 8.22. The number of carbonyl (C=O) groups excluding carboxylic acids is 1. The number of halogens is 5. The Balaban J connectivity index is 1.10. The molecule has 2 aromatic heterocycles. The van der Waals surface area contributed by atoms with Gasteiger partial charge in [-0.25, -0.2) is 13.8 Å². The standard InChI is InChI=1S/C29H34F5N5O2/c1-18(29(32,33)34)41-25-6-3-19-9-14-39(15-10-24(19)36-25)16-13-28(31)11-7-20(8-12-28)35-27(40)21-4-5-23(30)26-22(21)17-38(2)37-26/h3-6,17-18,20H,7-16H2,1-2H3,(H,35,40). The van der Waals surface area contributed by atoms with E-state index < -0.39 is 23.8 Å². The van der Waals surface area contributed by atoms with Crippen molar-refractivity contribution in [3.8, 4) is 5.88 Å². The Hall–Kier alpha value is -3.28. The van der Waals surface area contributed by atoms with Crippen LogP contribution in [0.25, 0.3) is 10.9 Å². The van der Waals surface area contributed by atoms with Gasteiger partial charge in [0.2, 0.25) is 5.88 Å². The highest BCUT2D eigenvalue weighted by Crippen LogP contribution is 2.36. The summed E-state index contributed by atoms with van der Waals surface area (Å²) >= 11 is 0. The van der Waals surface area contributed by atoms with Gasteiger partial charge in [0.15, 0.2) is 11.9 Å². The van der Waals surface area contributed by atoms with Gasteiger partial charge in [-0.2, -0.15) is 18.3 Å². The third kappa shape index (κ3) is 6.79. The molecule has 12 heteroatoms. The monoisotopic (exact) mass is 579 g/mol. The van der Waals surface area contributed by atoms with Gasteiger partial charge in [0, 0.05) is 62.5 Å². The molecule has 1 amide bonds. The predicted octanol–water partition coefficient (Wildman–Crippen LogP) is 5.31. The maximum Gasteiger partial charge on any atom is 0.425 e. The number of rotatable bonds is 7. The van der Waals surface area contributed by atoms with Gasteiger partial charge >= 0.3 is 6.18 Å². The van der Waals surface area contributed by atoms with Gasteiger partial charge in [-0.1, -0.05) is 6.07 Å². The van der Waals surface area contributed by atoms with E-state index in [1.165, 1.54) is 22.9 Å². The number of fused-ring (bicyclic) bond motifs is 2. The molecular weight excluding hydrogens is 545 g/mol. The lowest BCUT2D eigenvalue weighted by Gasteiger charge is -2.35. The fourth-order valence-corrected chi connectivity index (χ4v) is 5.68. The lowest BCUT2D eigenvalue weighted by atomic mass is 9.81. The van der Waals surface area contributed by atoms with E-state index in [0.717, 1.165) is 18.2 Å². The Morgan fingerprint density at radius 1 is 1.17 bits per heavy atom. The maximum atomic E-state index is 15.7. The predicted molar refractivity (Wildman–Crippen MR) is 143 cm³/mol. The smallest absolute Gasteiger partial charge is 0.425 e. The molecule has 1 atom stereocenters. The number of pyridine rings is 1. The highest BCUT2D eigenvalue weighted by atomic mass is 19.4. The number of alkyl halides is 4. The van der Waals surface area contributed by atoms with Gasteiger partial charge in [-0.3, -0.25) is 9.48 Å². The minimum Gasteiger partial charge on any atom is -0.465 e. The van der Waals surface area contributed by atoms with Crippen molar-refractivity contribution in [2.75, 3.05) is 19.6 Å². The molecule has 2 aliphatic rings. The fraction of sp³-hybridized carbons (Fsp3) is 0.552. The SMILES string of the molecule is CC(Oc1ccc2c(n1)CCN(CCC1(F)CCC(NC(=O)c3ccc(F)c4nn(C)cc34)CC1)CC2)C(F)(F)F. The molecule has 1 aromatic carbocycles. The van der Waals surface area contributed by atoms with Crippen LogP contribution in [0.5, 0.6) is 5.88 Å². The summed E-state index contributed by atoms with van der Waals surface area (Å²) in [5, 5.41) is 7.51. The molecule has 5 rings (SSSR count). The van der Waals surface area contributed by atoms with Crippen LogP contribution < -0.4 is 10.1 Å². The summed E-state index contributed by atoms with van der Waals surface area (Å²) in [4.78, 5) is 19.4. The molecule has 0 spiro atoms. The second-order valence-electron chi connectivity index (χ2n) is 11.2. The van der Waals surface area contributed by atoms with Gasteiger partial charge in [0.1, 0.15) is 11.2 Å². The number of nitrogens with zero attached hydrogens (tertiary/aromatic N) is 4. The molecule has 222 valence electrons. The lowest BCUT2D eigenvalue weighted by molar-refractivity contribution is -0.190. The zero-order valence-corrected chi connectivity index (χ0v) is 23.1. The molecule has 1 aliphatic heterocycles. The van der Waals surface area contributed by atoms with Crippen molar-refractivity contribution >= 4 is 16.8 Å². The summed E-state index contributed by atoms with van der Waals surface area (Å²) in [5.41, 5.74) is 0.839. The summed E-state index contributed by atoms with van der Waals surface area (Å²) in [6, 6.07) is 5.75. The molecule has 1 N–H and O–H groups in total. The van der Waals surface area contributed by atoms with E-state index in [2.05, 4.69) is 20.3 Å². The van der Waals surface area contributed by atoms with Crippen LogP contribution >= 0.6 is 0 Å². The second kappa shape index (κ2) is 11.5. The minimum absolute atomic E-state index is 0.0436. The second-order valence-corrected chi connectivity index (χ2v) is 11.2. The zero-order chi connectivity index (χ0) is 29.4. The first-order chi connectivity index (χ1) is 19.4. The number of aryl methyl sites for hydroxylation is 1. The van der Waals surface area contributed by atoms with E-state index in [1.54, 1.807) is 19.3 Å². The van der Waals surface area contributed by atoms with Crippen LogP contribution in [-0.2, 0) is 19.9 Å². The molecular formula is C29H34F5N5O2. The van der Waals surface area contributed by atoms with E-state index in [4.69, 9.17) is 4.74 Å². The first-order valence-electron chi connectivity index (χ1n) is 14.0. The van der Waals surface area contributed by atoms with Gasteiger partial charge in [0.25, 0.3) is 5.91 Å². The van der Waals surface area contributed by atoms with Crippen molar-refractivity contribution in [3.63, 3.8) is 0 Å². The lowest BCUT2D eigenvalue weighted by Crippen LogP contribution is -2.43. The Morgan fingerprint density at radius 2 is 1.90 bits per heavy atom. The van der Waals surface area contributed by atoms with Crippen molar-refractivity contribution < 1.29 is 31.5 Å². The average Bonchev–Trinajstić information content (AvgIpc) is 3.20. The van der Waals surface area contributed by atoms with Crippen LogP contribution in [0, 0.1) is 5.82 Å². The third-order valence-electron chi connectivity index (χ3n) is 8.24. The highest BCUT2D eigenvalue weighted by Gasteiger charge is 2.39. The van der Waals surface area contributed by atoms with Crippen LogP contribution in [0.15, 0.2) is 30.5 Å². The van der Waals surface area contributed by atoms with Gasteiger partial charge in [-0.05, 0) is 63.1 Å². The summed E-state index contributed by atoms with van der Waals surface area (Å²) in [6.07, 6.45) is -1.53. The molecule has 1 unspecified atom stereocenters. The number of carbonyl (C=O) groups is 1. The van der Waals surface area contributed by atoms with E-state index in [0.29, 0.717) is 75.5 Å². The Labute approximate surface area is 235 Å². The normalized spacial score (nSPS) is 22.7. The van der Waals surface area contributed by atoms with Crippen LogP contribution in [-0.4, -0.2) is 69.2 Å². The Morgan fingerprint density at radius 3 is 2.63 bits per heavy atom. The fourth-order valence-electron chi connectivity index (χ4n) is 5.68. The largest absolute Gasteiger partial charge is 0.465 e. The number of benzene rings is 1. The van der Waals surface area contributed by atoms with Gasteiger partial charge in [0.05, 0.1) is 5.56 Å². The summed E-state index contributed by atoms with van der Waals surface area (Å²) in [6.45, 7) is 2.86. The molecule has 3 heterocycles. The molecule has 1 aliphatic carbocycles. The number of hydrogen-bond acceptors (Lipinski definition) is 5. The van der Waals surface area contributed by atoms with Crippen molar-refractivity contribution in [1.29, 1.82) is 0 Å².